The summed E-state index contributed by atoms with van der Waals surface area (Å²) in [6.07, 6.45) is 7.43. The van der Waals surface area contributed by atoms with Gasteiger partial charge in [-0.15, -0.1) is 0 Å². The molecule has 0 radical (unpaired) electrons. The number of nitrogens with zero attached hydrogens (tertiary/aromatic N) is 2. The van der Waals surface area contributed by atoms with Crippen LogP contribution in [0, 0.1) is 5.41 Å². The van der Waals surface area contributed by atoms with Crippen LogP contribution in [0.4, 0.5) is 0 Å². The zero-order valence-electron chi connectivity index (χ0n) is 12.3. The van der Waals surface area contributed by atoms with E-state index in [4.69, 9.17) is 18.0 Å². The number of amides is 1. The molecular formula is C15H25N3OS. The Hall–Kier alpha value is -0.680. The van der Waals surface area contributed by atoms with Gasteiger partial charge in [-0.25, -0.2) is 0 Å². The Kier molecular flexibility index (Phi) is 3.75. The second kappa shape index (κ2) is 5.26. The third-order valence-corrected chi connectivity index (χ3v) is 6.16. The molecule has 1 amide bonds. The number of hydrogen-bond donors (Lipinski definition) is 1. The van der Waals surface area contributed by atoms with Crippen molar-refractivity contribution in [2.24, 2.45) is 11.1 Å². The van der Waals surface area contributed by atoms with E-state index in [0.29, 0.717) is 17.1 Å². The molecule has 0 spiro atoms. The molecule has 0 aromatic rings. The standard InChI is InChI=1S/C15H25N3OS/c1-17-11-4-5-12(17)10-18(9-6-11)14(19)15(13(16)20)7-2-3-8-15/h11-12H,2-10H2,1H3,(H2,16,20). The molecule has 2 atom stereocenters. The number of thiocarbonyl (C=S) groups is 1. The van der Waals surface area contributed by atoms with Crippen molar-refractivity contribution < 1.29 is 4.79 Å². The van der Waals surface area contributed by atoms with Gasteiger partial charge in [0.25, 0.3) is 0 Å². The summed E-state index contributed by atoms with van der Waals surface area (Å²) in [6.45, 7) is 1.73. The molecule has 2 saturated heterocycles. The third kappa shape index (κ3) is 2.15. The zero-order chi connectivity index (χ0) is 14.3. The SMILES string of the molecule is CN1C2CCC1CN(C(=O)C1(C(N)=S)CCCC1)CC2. The van der Waals surface area contributed by atoms with Crippen molar-refractivity contribution in [2.45, 2.75) is 57.0 Å². The highest BCUT2D eigenvalue weighted by molar-refractivity contribution is 7.80. The number of fused-ring (bicyclic) bond motifs is 2. The highest BCUT2D eigenvalue weighted by atomic mass is 32.1. The van der Waals surface area contributed by atoms with Gasteiger partial charge in [0.2, 0.25) is 5.91 Å². The Morgan fingerprint density at radius 1 is 1.20 bits per heavy atom. The number of likely N-dealkylation sites (N-methyl/N-ethyl adjacent to an activating group) is 1. The van der Waals surface area contributed by atoms with E-state index in [0.717, 1.165) is 45.2 Å². The molecule has 3 aliphatic rings. The predicted octanol–water partition coefficient (Wildman–Crippen LogP) is 1.53. The van der Waals surface area contributed by atoms with Crippen LogP contribution >= 0.6 is 12.2 Å². The number of likely N-dealkylation sites (tertiary alicyclic amines) is 1. The largest absolute Gasteiger partial charge is 0.392 e. The van der Waals surface area contributed by atoms with E-state index in [2.05, 4.69) is 16.8 Å². The van der Waals surface area contributed by atoms with E-state index in [1.54, 1.807) is 0 Å². The molecule has 1 aliphatic carbocycles. The highest BCUT2D eigenvalue weighted by Crippen LogP contribution is 2.41. The molecule has 0 aromatic carbocycles. The van der Waals surface area contributed by atoms with Gasteiger partial charge in [-0.05, 0) is 39.2 Å². The van der Waals surface area contributed by atoms with Crippen molar-refractivity contribution in [3.63, 3.8) is 0 Å². The fourth-order valence-corrected chi connectivity index (χ4v) is 4.63. The number of carbonyl (C=O) groups excluding carboxylic acids is 1. The van der Waals surface area contributed by atoms with Crippen LogP contribution in [0.5, 0.6) is 0 Å². The first kappa shape index (κ1) is 14.3. The normalized spacial score (nSPS) is 33.1. The second-order valence-electron chi connectivity index (χ2n) is 6.74. The van der Waals surface area contributed by atoms with E-state index in [-0.39, 0.29) is 5.91 Å². The predicted molar refractivity (Wildman–Crippen MR) is 83.5 cm³/mol. The molecule has 4 nitrogen and oxygen atoms in total. The number of hydrogen-bond acceptors (Lipinski definition) is 3. The summed E-state index contributed by atoms with van der Waals surface area (Å²) in [6, 6.07) is 1.18. The Labute approximate surface area is 126 Å². The lowest BCUT2D eigenvalue weighted by Gasteiger charge is -2.34. The van der Waals surface area contributed by atoms with Crippen LogP contribution in [0.1, 0.15) is 44.9 Å². The molecule has 2 unspecified atom stereocenters. The maximum absolute atomic E-state index is 13.0. The van der Waals surface area contributed by atoms with Crippen LogP contribution in [0.3, 0.4) is 0 Å². The van der Waals surface area contributed by atoms with Crippen LogP contribution in [-0.2, 0) is 4.79 Å². The number of carbonyl (C=O) groups is 1. The van der Waals surface area contributed by atoms with Gasteiger partial charge in [0.05, 0.1) is 10.4 Å². The summed E-state index contributed by atoms with van der Waals surface area (Å²) in [4.78, 5) is 18.0. The van der Waals surface area contributed by atoms with Gasteiger partial charge in [0.15, 0.2) is 0 Å². The van der Waals surface area contributed by atoms with E-state index < -0.39 is 5.41 Å². The lowest BCUT2D eigenvalue weighted by molar-refractivity contribution is -0.138. The molecule has 3 rings (SSSR count). The summed E-state index contributed by atoms with van der Waals surface area (Å²) in [5, 5.41) is 0. The molecule has 112 valence electrons. The highest BCUT2D eigenvalue weighted by Gasteiger charge is 2.47. The van der Waals surface area contributed by atoms with Crippen LogP contribution in [-0.4, -0.2) is 52.9 Å². The maximum Gasteiger partial charge on any atom is 0.235 e. The van der Waals surface area contributed by atoms with Gasteiger partial charge >= 0.3 is 0 Å². The van der Waals surface area contributed by atoms with Crippen molar-refractivity contribution in [1.82, 2.24) is 9.80 Å². The van der Waals surface area contributed by atoms with Gasteiger partial charge in [-0.2, -0.15) is 0 Å². The van der Waals surface area contributed by atoms with Crippen LogP contribution in [0.25, 0.3) is 0 Å². The van der Waals surface area contributed by atoms with Crippen LogP contribution < -0.4 is 5.73 Å². The summed E-state index contributed by atoms with van der Waals surface area (Å²) in [5.41, 5.74) is 5.43. The zero-order valence-corrected chi connectivity index (χ0v) is 13.1. The van der Waals surface area contributed by atoms with Crippen molar-refractivity contribution in [2.75, 3.05) is 20.1 Å². The van der Waals surface area contributed by atoms with Crippen molar-refractivity contribution in [3.8, 4) is 0 Å². The number of rotatable bonds is 2. The Balaban J connectivity index is 1.78. The average molecular weight is 295 g/mol. The van der Waals surface area contributed by atoms with Crippen molar-refractivity contribution in [3.05, 3.63) is 0 Å². The summed E-state index contributed by atoms with van der Waals surface area (Å²) < 4.78 is 0. The summed E-state index contributed by atoms with van der Waals surface area (Å²) >= 11 is 5.26. The van der Waals surface area contributed by atoms with Gasteiger partial charge in [0, 0.05) is 25.2 Å². The fraction of sp³-hybridized carbons (Fsp3) is 0.867. The molecule has 20 heavy (non-hydrogen) atoms. The first-order valence-electron chi connectivity index (χ1n) is 7.86. The molecule has 3 fully saturated rings. The molecular weight excluding hydrogens is 270 g/mol. The second-order valence-corrected chi connectivity index (χ2v) is 7.18. The Morgan fingerprint density at radius 2 is 1.85 bits per heavy atom. The monoisotopic (exact) mass is 295 g/mol. The van der Waals surface area contributed by atoms with Gasteiger partial charge in [-0.3, -0.25) is 9.69 Å². The third-order valence-electron chi connectivity index (χ3n) is 5.77. The first-order valence-corrected chi connectivity index (χ1v) is 8.26. The molecule has 0 aromatic heterocycles. The van der Waals surface area contributed by atoms with Crippen LogP contribution in [0.2, 0.25) is 0 Å². The topological polar surface area (TPSA) is 49.6 Å². The molecule has 2 aliphatic heterocycles. The summed E-state index contributed by atoms with van der Waals surface area (Å²) in [7, 11) is 2.20. The maximum atomic E-state index is 13.0. The summed E-state index contributed by atoms with van der Waals surface area (Å²) in [5.74, 6) is 0.212. The average Bonchev–Trinajstić information content (AvgIpc) is 2.96. The van der Waals surface area contributed by atoms with Gasteiger partial charge < -0.3 is 10.6 Å². The van der Waals surface area contributed by atoms with E-state index >= 15 is 0 Å². The smallest absolute Gasteiger partial charge is 0.235 e. The van der Waals surface area contributed by atoms with E-state index in [1.807, 2.05) is 0 Å². The Morgan fingerprint density at radius 3 is 2.50 bits per heavy atom. The van der Waals surface area contributed by atoms with Crippen molar-refractivity contribution >= 4 is 23.1 Å². The van der Waals surface area contributed by atoms with Gasteiger partial charge in [0.1, 0.15) is 0 Å². The van der Waals surface area contributed by atoms with Gasteiger partial charge in [-0.1, -0.05) is 25.1 Å². The minimum absolute atomic E-state index is 0.212. The Bertz CT molecular complexity index is 419. The lowest BCUT2D eigenvalue weighted by Crippen LogP contribution is -2.51. The lowest BCUT2D eigenvalue weighted by atomic mass is 9.84. The first-order chi connectivity index (χ1) is 9.54. The fourth-order valence-electron chi connectivity index (χ4n) is 4.34. The van der Waals surface area contributed by atoms with E-state index in [9.17, 15) is 4.79 Å². The van der Waals surface area contributed by atoms with Crippen LogP contribution in [0.15, 0.2) is 0 Å². The molecule has 2 N–H and O–H groups in total. The van der Waals surface area contributed by atoms with Crippen molar-refractivity contribution in [1.29, 1.82) is 0 Å². The number of nitrogens with two attached hydrogens (primary N) is 1. The molecule has 5 heteroatoms. The molecule has 2 bridgehead atoms. The minimum atomic E-state index is -0.530. The molecule has 1 saturated carbocycles. The quantitative estimate of drug-likeness (QED) is 0.785. The van der Waals surface area contributed by atoms with E-state index in [1.165, 1.54) is 12.8 Å². The minimum Gasteiger partial charge on any atom is -0.392 e. The molecule has 2 heterocycles.